The Bertz CT molecular complexity index is 2380. The Labute approximate surface area is 264 Å². The summed E-state index contributed by atoms with van der Waals surface area (Å²) in [5, 5.41) is 25.6. The van der Waals surface area contributed by atoms with E-state index in [2.05, 4.69) is 82.8 Å². The SMILES string of the molecule is N#Cc1ccnc(-c2cccc(-c3ccc4c5ccc(-c6cccc(-c7cc(C#N)ccn7)n6)cc5c5ccccc5c4c3)n2)c1. The van der Waals surface area contributed by atoms with Gasteiger partial charge >= 0.3 is 0 Å². The molecule has 8 rings (SSSR count). The monoisotopic (exact) mass is 586 g/mol. The van der Waals surface area contributed by atoms with Crippen LogP contribution >= 0.6 is 0 Å². The van der Waals surface area contributed by atoms with Crippen LogP contribution in [-0.4, -0.2) is 19.9 Å². The maximum absolute atomic E-state index is 9.33. The number of nitriles is 2. The summed E-state index contributed by atoms with van der Waals surface area (Å²) in [5.74, 6) is 0. The molecule has 0 saturated carbocycles. The number of aromatic nitrogens is 4. The fraction of sp³-hybridized carbons (Fsp3) is 0. The first-order chi connectivity index (χ1) is 22.7. The molecule has 0 bridgehead atoms. The first-order valence-electron chi connectivity index (χ1n) is 14.7. The van der Waals surface area contributed by atoms with Gasteiger partial charge in [0.2, 0.25) is 0 Å². The molecule has 212 valence electrons. The topological polar surface area (TPSA) is 99.1 Å². The van der Waals surface area contributed by atoms with Gasteiger partial charge in [0.05, 0.1) is 57.4 Å². The summed E-state index contributed by atoms with van der Waals surface area (Å²) in [6.45, 7) is 0. The molecule has 0 N–H and O–H groups in total. The van der Waals surface area contributed by atoms with Crippen molar-refractivity contribution in [3.8, 4) is 57.4 Å². The van der Waals surface area contributed by atoms with Crippen LogP contribution in [0, 0.1) is 22.7 Å². The first-order valence-corrected chi connectivity index (χ1v) is 14.7. The molecule has 4 aromatic heterocycles. The van der Waals surface area contributed by atoms with Gasteiger partial charge in [0, 0.05) is 23.5 Å². The maximum atomic E-state index is 9.33. The fourth-order valence-electron chi connectivity index (χ4n) is 6.03. The normalized spacial score (nSPS) is 11.0. The Kier molecular flexibility index (Phi) is 6.45. The van der Waals surface area contributed by atoms with Gasteiger partial charge in [-0.3, -0.25) is 9.97 Å². The highest BCUT2D eigenvalue weighted by atomic mass is 14.8. The Morgan fingerprint density at radius 3 is 1.26 bits per heavy atom. The third kappa shape index (κ3) is 4.68. The molecule has 8 aromatic rings. The second-order valence-corrected chi connectivity index (χ2v) is 11.0. The molecule has 0 fully saturated rings. The molecule has 0 aliphatic heterocycles. The fourth-order valence-corrected chi connectivity index (χ4v) is 6.03. The zero-order chi connectivity index (χ0) is 31.0. The Morgan fingerprint density at radius 1 is 0.370 bits per heavy atom. The molecule has 0 saturated heterocycles. The summed E-state index contributed by atoms with van der Waals surface area (Å²) in [6.07, 6.45) is 3.28. The highest BCUT2D eigenvalue weighted by molar-refractivity contribution is 6.26. The molecule has 0 amide bonds. The summed E-state index contributed by atoms with van der Waals surface area (Å²) in [7, 11) is 0. The molecule has 6 heteroatoms. The molecule has 46 heavy (non-hydrogen) atoms. The van der Waals surface area contributed by atoms with Crippen LogP contribution in [0.5, 0.6) is 0 Å². The van der Waals surface area contributed by atoms with Crippen LogP contribution in [0.15, 0.2) is 134 Å². The molecule has 0 aliphatic rings. The van der Waals surface area contributed by atoms with Crippen molar-refractivity contribution in [2.24, 2.45) is 0 Å². The Morgan fingerprint density at radius 2 is 0.804 bits per heavy atom. The lowest BCUT2D eigenvalue weighted by Gasteiger charge is -2.13. The molecule has 0 unspecified atom stereocenters. The summed E-state index contributed by atoms with van der Waals surface area (Å²) >= 11 is 0. The van der Waals surface area contributed by atoms with Gasteiger partial charge in [-0.15, -0.1) is 0 Å². The number of fused-ring (bicyclic) bond motifs is 6. The van der Waals surface area contributed by atoms with E-state index >= 15 is 0 Å². The zero-order valence-electron chi connectivity index (χ0n) is 24.4. The van der Waals surface area contributed by atoms with Crippen molar-refractivity contribution in [2.45, 2.75) is 0 Å². The number of nitrogens with zero attached hydrogens (tertiary/aromatic N) is 6. The highest BCUT2D eigenvalue weighted by Gasteiger charge is 2.13. The third-order valence-electron chi connectivity index (χ3n) is 8.23. The van der Waals surface area contributed by atoms with Crippen molar-refractivity contribution in [2.75, 3.05) is 0 Å². The Balaban J connectivity index is 1.25. The van der Waals surface area contributed by atoms with Gasteiger partial charge in [-0.05, 0) is 93.0 Å². The molecule has 6 nitrogen and oxygen atoms in total. The number of hydrogen-bond acceptors (Lipinski definition) is 6. The van der Waals surface area contributed by atoms with Crippen LogP contribution in [0.25, 0.3) is 77.6 Å². The van der Waals surface area contributed by atoms with E-state index in [9.17, 15) is 10.5 Å². The van der Waals surface area contributed by atoms with Crippen molar-refractivity contribution in [1.82, 2.24) is 19.9 Å². The van der Waals surface area contributed by atoms with E-state index in [1.54, 1.807) is 36.7 Å². The standard InChI is InChI=1S/C40H22N6/c41-23-25-15-17-43-39(19-25)37-9-3-7-35(45-37)27-11-13-31-32-14-12-28(22-34(32)30-6-2-1-5-29(30)33(31)21-27)36-8-4-10-38(46-36)40-20-26(24-42)16-18-44-40/h1-22H. The van der Waals surface area contributed by atoms with E-state index in [4.69, 9.17) is 9.97 Å². The van der Waals surface area contributed by atoms with Crippen molar-refractivity contribution >= 4 is 32.3 Å². The van der Waals surface area contributed by atoms with Crippen LogP contribution in [-0.2, 0) is 0 Å². The van der Waals surface area contributed by atoms with E-state index in [0.717, 1.165) is 66.2 Å². The van der Waals surface area contributed by atoms with E-state index < -0.39 is 0 Å². The lowest BCUT2D eigenvalue weighted by molar-refractivity contribution is 1.24. The van der Waals surface area contributed by atoms with Crippen molar-refractivity contribution < 1.29 is 0 Å². The highest BCUT2D eigenvalue weighted by Crippen LogP contribution is 2.39. The van der Waals surface area contributed by atoms with E-state index in [-0.39, 0.29) is 0 Å². The van der Waals surface area contributed by atoms with Crippen LogP contribution in [0.2, 0.25) is 0 Å². The van der Waals surface area contributed by atoms with Crippen LogP contribution < -0.4 is 0 Å². The average molecular weight is 587 g/mol. The number of pyridine rings is 4. The average Bonchev–Trinajstić information content (AvgIpc) is 3.14. The molecule has 4 aromatic carbocycles. The van der Waals surface area contributed by atoms with Gasteiger partial charge in [0.1, 0.15) is 0 Å². The van der Waals surface area contributed by atoms with Gasteiger partial charge in [0.25, 0.3) is 0 Å². The second-order valence-electron chi connectivity index (χ2n) is 11.0. The summed E-state index contributed by atoms with van der Waals surface area (Å²) in [6, 6.07) is 44.5. The van der Waals surface area contributed by atoms with Crippen molar-refractivity contribution in [3.63, 3.8) is 0 Å². The minimum Gasteiger partial charge on any atom is -0.255 e. The molecular formula is C40H22N6. The van der Waals surface area contributed by atoms with Crippen molar-refractivity contribution in [3.05, 3.63) is 145 Å². The zero-order valence-corrected chi connectivity index (χ0v) is 24.4. The second kappa shape index (κ2) is 11.1. The minimum absolute atomic E-state index is 0.551. The first kappa shape index (κ1) is 26.8. The van der Waals surface area contributed by atoms with Gasteiger partial charge in [-0.1, -0.05) is 60.7 Å². The van der Waals surface area contributed by atoms with Crippen LogP contribution in [0.4, 0.5) is 0 Å². The summed E-state index contributed by atoms with van der Waals surface area (Å²) in [5.41, 5.74) is 7.55. The van der Waals surface area contributed by atoms with E-state index in [1.165, 1.54) is 0 Å². The van der Waals surface area contributed by atoms with Gasteiger partial charge in [-0.2, -0.15) is 10.5 Å². The van der Waals surface area contributed by atoms with Crippen LogP contribution in [0.1, 0.15) is 11.1 Å². The largest absolute Gasteiger partial charge is 0.255 e. The van der Waals surface area contributed by atoms with E-state index in [0.29, 0.717) is 22.5 Å². The Hall–Kier alpha value is -6.76. The quantitative estimate of drug-likeness (QED) is 0.191. The molecule has 0 aliphatic carbocycles. The van der Waals surface area contributed by atoms with Gasteiger partial charge < -0.3 is 0 Å². The summed E-state index contributed by atoms with van der Waals surface area (Å²) in [4.78, 5) is 18.7. The molecule has 0 atom stereocenters. The van der Waals surface area contributed by atoms with Gasteiger partial charge in [0.15, 0.2) is 0 Å². The van der Waals surface area contributed by atoms with Crippen LogP contribution in [0.3, 0.4) is 0 Å². The van der Waals surface area contributed by atoms with E-state index in [1.807, 2.05) is 36.4 Å². The lowest BCUT2D eigenvalue weighted by atomic mass is 9.91. The molecule has 0 radical (unpaired) electrons. The van der Waals surface area contributed by atoms with Crippen molar-refractivity contribution in [1.29, 1.82) is 10.5 Å². The smallest absolute Gasteiger partial charge is 0.0992 e. The maximum Gasteiger partial charge on any atom is 0.0992 e. The number of benzene rings is 4. The summed E-state index contributed by atoms with van der Waals surface area (Å²) < 4.78 is 0. The lowest BCUT2D eigenvalue weighted by Crippen LogP contribution is -1.92. The number of rotatable bonds is 4. The third-order valence-corrected chi connectivity index (χ3v) is 8.23. The molecule has 4 heterocycles. The predicted molar refractivity (Wildman–Crippen MR) is 181 cm³/mol. The molecule has 0 spiro atoms. The van der Waals surface area contributed by atoms with Gasteiger partial charge in [-0.25, -0.2) is 9.97 Å². The number of hydrogen-bond donors (Lipinski definition) is 0. The molecular weight excluding hydrogens is 564 g/mol. The minimum atomic E-state index is 0.551. The predicted octanol–water partition coefficient (Wildman–Crippen LogP) is 9.14.